The molecule has 0 radical (unpaired) electrons. The van der Waals surface area contributed by atoms with Crippen LogP contribution in [0.1, 0.15) is 37.9 Å². The topological polar surface area (TPSA) is 48.0 Å². The van der Waals surface area contributed by atoms with Crippen LogP contribution >= 0.6 is 15.9 Å². The Bertz CT molecular complexity index is 792. The summed E-state index contributed by atoms with van der Waals surface area (Å²) >= 11 is 3.56. The van der Waals surface area contributed by atoms with Gasteiger partial charge in [0.2, 0.25) is 5.91 Å². The SMILES string of the molecule is CCOc1cc(Br)c(CC(=O)N(C)C(C)c2ccc(OC)cc2)cc1OCC. The molecule has 0 spiro atoms. The maximum Gasteiger partial charge on any atom is 0.227 e. The lowest BCUT2D eigenvalue weighted by Crippen LogP contribution is -2.31. The maximum absolute atomic E-state index is 12.9. The number of halogens is 1. The minimum Gasteiger partial charge on any atom is -0.497 e. The number of rotatable bonds is 9. The van der Waals surface area contributed by atoms with Crippen LogP contribution in [0.2, 0.25) is 0 Å². The van der Waals surface area contributed by atoms with Gasteiger partial charge in [-0.3, -0.25) is 4.79 Å². The largest absolute Gasteiger partial charge is 0.497 e. The lowest BCUT2D eigenvalue weighted by atomic mass is 10.1. The molecule has 1 amide bonds. The molecule has 152 valence electrons. The molecule has 0 N–H and O–H groups in total. The van der Waals surface area contributed by atoms with E-state index in [0.717, 1.165) is 21.3 Å². The summed E-state index contributed by atoms with van der Waals surface area (Å²) in [6.07, 6.45) is 0.268. The van der Waals surface area contributed by atoms with E-state index in [1.54, 1.807) is 12.0 Å². The zero-order valence-electron chi connectivity index (χ0n) is 17.1. The number of likely N-dealkylation sites (N-methyl/N-ethyl adjacent to an activating group) is 1. The van der Waals surface area contributed by atoms with Gasteiger partial charge in [0.25, 0.3) is 0 Å². The third-order valence-electron chi connectivity index (χ3n) is 4.63. The highest BCUT2D eigenvalue weighted by molar-refractivity contribution is 9.10. The van der Waals surface area contributed by atoms with E-state index in [0.29, 0.717) is 24.7 Å². The molecule has 0 aromatic heterocycles. The first-order valence-electron chi connectivity index (χ1n) is 9.38. The van der Waals surface area contributed by atoms with Gasteiger partial charge in [-0.15, -0.1) is 0 Å². The Morgan fingerprint density at radius 2 is 1.64 bits per heavy atom. The Balaban J connectivity index is 2.16. The molecular formula is C22H28BrNO4. The van der Waals surface area contributed by atoms with Gasteiger partial charge in [0.05, 0.1) is 32.8 Å². The summed E-state index contributed by atoms with van der Waals surface area (Å²) in [5, 5.41) is 0. The van der Waals surface area contributed by atoms with Crippen LogP contribution in [0.25, 0.3) is 0 Å². The summed E-state index contributed by atoms with van der Waals surface area (Å²) in [6.45, 7) is 6.94. The van der Waals surface area contributed by atoms with Crippen LogP contribution in [0.4, 0.5) is 0 Å². The van der Waals surface area contributed by atoms with Gasteiger partial charge in [-0.05, 0) is 56.2 Å². The first-order valence-corrected chi connectivity index (χ1v) is 10.2. The molecule has 0 saturated carbocycles. The Labute approximate surface area is 175 Å². The molecule has 0 aliphatic carbocycles. The van der Waals surface area contributed by atoms with E-state index in [1.165, 1.54) is 0 Å². The summed E-state index contributed by atoms with van der Waals surface area (Å²) in [5.74, 6) is 2.15. The van der Waals surface area contributed by atoms with Gasteiger partial charge in [0.1, 0.15) is 5.75 Å². The van der Waals surface area contributed by atoms with Crippen LogP contribution in [0, 0.1) is 0 Å². The Kier molecular flexibility index (Phi) is 8.18. The van der Waals surface area contributed by atoms with Gasteiger partial charge in [0, 0.05) is 11.5 Å². The quantitative estimate of drug-likeness (QED) is 0.539. The number of amides is 1. The zero-order valence-corrected chi connectivity index (χ0v) is 18.7. The predicted octanol–water partition coefficient (Wildman–Crippen LogP) is 5.02. The molecular weight excluding hydrogens is 422 g/mol. The Hall–Kier alpha value is -2.21. The number of benzene rings is 2. The molecule has 0 fully saturated rings. The maximum atomic E-state index is 12.9. The second-order valence-electron chi connectivity index (χ2n) is 6.39. The molecule has 1 unspecified atom stereocenters. The number of ether oxygens (including phenoxy) is 3. The molecule has 5 nitrogen and oxygen atoms in total. The fraction of sp³-hybridized carbons (Fsp3) is 0.409. The molecule has 1 atom stereocenters. The lowest BCUT2D eigenvalue weighted by molar-refractivity contribution is -0.131. The number of methoxy groups -OCH3 is 1. The second kappa shape index (κ2) is 10.4. The van der Waals surface area contributed by atoms with Crippen molar-refractivity contribution in [3.05, 3.63) is 52.0 Å². The number of hydrogen-bond acceptors (Lipinski definition) is 4. The van der Waals surface area contributed by atoms with Crippen molar-refractivity contribution in [2.75, 3.05) is 27.4 Å². The third-order valence-corrected chi connectivity index (χ3v) is 5.36. The molecule has 0 saturated heterocycles. The van der Waals surface area contributed by atoms with Gasteiger partial charge in [-0.1, -0.05) is 28.1 Å². The van der Waals surface area contributed by atoms with Gasteiger partial charge in [0.15, 0.2) is 11.5 Å². The number of carbonyl (C=O) groups excluding carboxylic acids is 1. The van der Waals surface area contributed by atoms with Gasteiger partial charge < -0.3 is 19.1 Å². The van der Waals surface area contributed by atoms with E-state index >= 15 is 0 Å². The second-order valence-corrected chi connectivity index (χ2v) is 7.24. The van der Waals surface area contributed by atoms with Crippen LogP contribution in [0.5, 0.6) is 17.2 Å². The van der Waals surface area contributed by atoms with E-state index in [4.69, 9.17) is 14.2 Å². The van der Waals surface area contributed by atoms with Crippen LogP contribution < -0.4 is 14.2 Å². The minimum atomic E-state index is -0.0498. The third kappa shape index (κ3) is 5.41. The van der Waals surface area contributed by atoms with Crippen LogP contribution in [0.3, 0.4) is 0 Å². The van der Waals surface area contributed by atoms with E-state index in [-0.39, 0.29) is 18.4 Å². The fourth-order valence-electron chi connectivity index (χ4n) is 2.86. The summed E-state index contributed by atoms with van der Waals surface area (Å²) in [7, 11) is 3.46. The predicted molar refractivity (Wildman–Crippen MR) is 114 cm³/mol. The van der Waals surface area contributed by atoms with Crippen molar-refractivity contribution >= 4 is 21.8 Å². The van der Waals surface area contributed by atoms with Gasteiger partial charge >= 0.3 is 0 Å². The molecule has 0 heterocycles. The highest BCUT2D eigenvalue weighted by atomic mass is 79.9. The van der Waals surface area contributed by atoms with Crippen molar-refractivity contribution in [1.82, 2.24) is 4.90 Å². The minimum absolute atomic E-state index is 0.0237. The summed E-state index contributed by atoms with van der Waals surface area (Å²) in [6, 6.07) is 11.5. The first-order chi connectivity index (χ1) is 13.4. The normalized spacial score (nSPS) is 11.6. The van der Waals surface area contributed by atoms with Crippen molar-refractivity contribution in [3.8, 4) is 17.2 Å². The van der Waals surface area contributed by atoms with Crippen LogP contribution in [0.15, 0.2) is 40.9 Å². The zero-order chi connectivity index (χ0) is 20.7. The Morgan fingerprint density at radius 3 is 2.18 bits per heavy atom. The van der Waals surface area contributed by atoms with Crippen LogP contribution in [-0.4, -0.2) is 38.2 Å². The smallest absolute Gasteiger partial charge is 0.227 e. The molecule has 28 heavy (non-hydrogen) atoms. The number of nitrogens with zero attached hydrogens (tertiary/aromatic N) is 1. The lowest BCUT2D eigenvalue weighted by Gasteiger charge is -2.26. The molecule has 0 bridgehead atoms. The van der Waals surface area contributed by atoms with Crippen molar-refractivity contribution < 1.29 is 19.0 Å². The average Bonchev–Trinajstić information content (AvgIpc) is 2.70. The molecule has 0 aliphatic heterocycles. The van der Waals surface area contributed by atoms with Crippen LogP contribution in [-0.2, 0) is 11.2 Å². The van der Waals surface area contributed by atoms with Gasteiger partial charge in [-0.25, -0.2) is 0 Å². The molecule has 0 aliphatic rings. The van der Waals surface area contributed by atoms with E-state index in [2.05, 4.69) is 15.9 Å². The molecule has 2 rings (SSSR count). The molecule has 2 aromatic carbocycles. The van der Waals surface area contributed by atoms with Crippen molar-refractivity contribution in [2.24, 2.45) is 0 Å². The monoisotopic (exact) mass is 449 g/mol. The summed E-state index contributed by atoms with van der Waals surface area (Å²) in [5.41, 5.74) is 1.92. The average molecular weight is 450 g/mol. The first kappa shape index (κ1) is 22.1. The van der Waals surface area contributed by atoms with E-state index in [1.807, 2.05) is 64.2 Å². The molecule has 6 heteroatoms. The number of carbonyl (C=O) groups is 1. The summed E-state index contributed by atoms with van der Waals surface area (Å²) in [4.78, 5) is 14.6. The standard InChI is InChI=1S/C22H28BrNO4/c1-6-27-20-12-17(19(23)14-21(20)28-7-2)13-22(25)24(4)15(3)16-8-10-18(26-5)11-9-16/h8-12,14-15H,6-7,13H2,1-5H3. The van der Waals surface area contributed by atoms with E-state index < -0.39 is 0 Å². The van der Waals surface area contributed by atoms with Crippen molar-refractivity contribution in [1.29, 1.82) is 0 Å². The van der Waals surface area contributed by atoms with Gasteiger partial charge in [-0.2, -0.15) is 0 Å². The summed E-state index contributed by atoms with van der Waals surface area (Å²) < 4.78 is 17.3. The fourth-order valence-corrected chi connectivity index (χ4v) is 3.32. The molecule has 2 aromatic rings. The Morgan fingerprint density at radius 1 is 1.07 bits per heavy atom. The highest BCUT2D eigenvalue weighted by Gasteiger charge is 2.20. The van der Waals surface area contributed by atoms with Crippen molar-refractivity contribution in [3.63, 3.8) is 0 Å². The van der Waals surface area contributed by atoms with E-state index in [9.17, 15) is 4.79 Å². The van der Waals surface area contributed by atoms with Crippen molar-refractivity contribution in [2.45, 2.75) is 33.2 Å². The highest BCUT2D eigenvalue weighted by Crippen LogP contribution is 2.34. The number of hydrogen-bond donors (Lipinski definition) is 0.